The van der Waals surface area contributed by atoms with Gasteiger partial charge in [0.2, 0.25) is 0 Å². The Kier molecular flexibility index (Phi) is 8.58. The van der Waals surface area contributed by atoms with Gasteiger partial charge in [-0.1, -0.05) is 55.5 Å². The molecule has 4 aromatic rings. The lowest BCUT2D eigenvalue weighted by Crippen LogP contribution is -2.29. The van der Waals surface area contributed by atoms with E-state index in [1.165, 1.54) is 4.90 Å². The van der Waals surface area contributed by atoms with Gasteiger partial charge >= 0.3 is 0 Å². The summed E-state index contributed by atoms with van der Waals surface area (Å²) in [6, 6.07) is 28.4. The van der Waals surface area contributed by atoms with Crippen LogP contribution in [0.25, 0.3) is 5.76 Å². The van der Waals surface area contributed by atoms with Crippen LogP contribution in [0.15, 0.2) is 103 Å². The first-order chi connectivity index (χ1) is 20.4. The van der Waals surface area contributed by atoms with Crippen LogP contribution in [-0.2, 0) is 16.2 Å². The van der Waals surface area contributed by atoms with Gasteiger partial charge in [0.25, 0.3) is 11.7 Å². The molecule has 4 aromatic carbocycles. The van der Waals surface area contributed by atoms with E-state index in [1.54, 1.807) is 67.8 Å². The van der Waals surface area contributed by atoms with Gasteiger partial charge in [-0.3, -0.25) is 14.5 Å². The maximum absolute atomic E-state index is 13.6. The molecule has 1 unspecified atom stereocenters. The fourth-order valence-electron chi connectivity index (χ4n) is 5.02. The number of hydrogen-bond donors (Lipinski definition) is 1. The Morgan fingerprint density at radius 2 is 1.62 bits per heavy atom. The molecule has 0 aromatic heterocycles. The van der Waals surface area contributed by atoms with Crippen molar-refractivity contribution in [2.24, 2.45) is 0 Å². The van der Waals surface area contributed by atoms with E-state index in [0.29, 0.717) is 47.3 Å². The molecule has 1 saturated heterocycles. The van der Waals surface area contributed by atoms with Gasteiger partial charge in [0, 0.05) is 17.3 Å². The number of carbonyl (C=O) groups is 2. The van der Waals surface area contributed by atoms with Gasteiger partial charge in [0.15, 0.2) is 0 Å². The van der Waals surface area contributed by atoms with Crippen molar-refractivity contribution < 1.29 is 28.9 Å². The van der Waals surface area contributed by atoms with Gasteiger partial charge in [-0.05, 0) is 72.5 Å². The smallest absolute Gasteiger partial charge is 0.300 e. The van der Waals surface area contributed by atoms with Crippen LogP contribution < -0.4 is 19.1 Å². The quantitative estimate of drug-likeness (QED) is 0.127. The standard InChI is InChI=1S/C35H33NO6/c1-4-18-41-29-15-9-13-27(21-29)36-32(25-12-8-14-28(20-25)40-3)31(34(38)35(36)39)33(37)26-16-17-30(23(2)19-26)42-22-24-10-6-5-7-11-24/h5-17,19-21,32,37H,4,18,22H2,1-3H3/b33-31+. The first kappa shape index (κ1) is 28.5. The minimum absolute atomic E-state index is 0.00881. The van der Waals surface area contributed by atoms with Crippen molar-refractivity contribution in [1.29, 1.82) is 0 Å². The number of carbonyl (C=O) groups excluding carboxylic acids is 2. The van der Waals surface area contributed by atoms with E-state index in [9.17, 15) is 14.7 Å². The zero-order valence-electron chi connectivity index (χ0n) is 23.9. The number of ether oxygens (including phenoxy) is 3. The summed E-state index contributed by atoms with van der Waals surface area (Å²) in [4.78, 5) is 28.6. The molecule has 42 heavy (non-hydrogen) atoms. The largest absolute Gasteiger partial charge is 0.507 e. The number of hydrogen-bond acceptors (Lipinski definition) is 6. The van der Waals surface area contributed by atoms with E-state index in [-0.39, 0.29) is 11.3 Å². The van der Waals surface area contributed by atoms with Crippen LogP contribution in [0.4, 0.5) is 5.69 Å². The maximum atomic E-state index is 13.6. The number of aryl methyl sites for hydroxylation is 1. The monoisotopic (exact) mass is 563 g/mol. The molecule has 1 fully saturated rings. The maximum Gasteiger partial charge on any atom is 0.300 e. The minimum Gasteiger partial charge on any atom is -0.507 e. The normalized spacial score (nSPS) is 16.0. The molecule has 0 spiro atoms. The third kappa shape index (κ3) is 5.86. The summed E-state index contributed by atoms with van der Waals surface area (Å²) in [5.41, 5.74) is 3.32. The molecular formula is C35H33NO6. The third-order valence-corrected chi connectivity index (χ3v) is 7.11. The van der Waals surface area contributed by atoms with Gasteiger partial charge < -0.3 is 19.3 Å². The lowest BCUT2D eigenvalue weighted by Gasteiger charge is -2.26. The highest BCUT2D eigenvalue weighted by Crippen LogP contribution is 2.43. The fraction of sp³-hybridized carbons (Fsp3) is 0.200. The number of rotatable bonds is 10. The fourth-order valence-corrected chi connectivity index (χ4v) is 5.02. The van der Waals surface area contributed by atoms with Crippen molar-refractivity contribution in [3.05, 3.63) is 125 Å². The minimum atomic E-state index is -0.893. The van der Waals surface area contributed by atoms with Crippen molar-refractivity contribution in [2.45, 2.75) is 32.9 Å². The second kappa shape index (κ2) is 12.6. The molecule has 1 aliphatic heterocycles. The second-order valence-corrected chi connectivity index (χ2v) is 10.0. The molecule has 0 aliphatic carbocycles. The predicted molar refractivity (Wildman–Crippen MR) is 162 cm³/mol. The molecule has 7 heteroatoms. The van der Waals surface area contributed by atoms with E-state index < -0.39 is 17.7 Å². The van der Waals surface area contributed by atoms with Gasteiger partial charge in [-0.15, -0.1) is 0 Å². The van der Waals surface area contributed by atoms with Crippen LogP contribution >= 0.6 is 0 Å². The van der Waals surface area contributed by atoms with Crippen LogP contribution in [0.3, 0.4) is 0 Å². The van der Waals surface area contributed by atoms with Crippen molar-refractivity contribution in [3.63, 3.8) is 0 Å². The number of ketones is 1. The summed E-state index contributed by atoms with van der Waals surface area (Å²) in [7, 11) is 1.55. The lowest BCUT2D eigenvalue weighted by molar-refractivity contribution is -0.132. The highest BCUT2D eigenvalue weighted by molar-refractivity contribution is 6.51. The SMILES string of the molecule is CCCOc1cccc(N2C(=O)C(=O)/C(=C(/O)c3ccc(OCc4ccccc4)c(C)c3)C2c2cccc(OC)c2)c1. The summed E-state index contributed by atoms with van der Waals surface area (Å²) in [6.45, 7) is 4.80. The Bertz CT molecular complexity index is 1630. The molecular weight excluding hydrogens is 530 g/mol. The molecule has 214 valence electrons. The summed E-state index contributed by atoms with van der Waals surface area (Å²) in [5, 5.41) is 11.6. The van der Waals surface area contributed by atoms with E-state index >= 15 is 0 Å². The Balaban J connectivity index is 1.56. The summed E-state index contributed by atoms with van der Waals surface area (Å²) in [5.74, 6) is 0.0268. The summed E-state index contributed by atoms with van der Waals surface area (Å²) in [6.07, 6.45) is 0.827. The predicted octanol–water partition coefficient (Wildman–Crippen LogP) is 7.00. The summed E-state index contributed by atoms with van der Waals surface area (Å²) >= 11 is 0. The first-order valence-electron chi connectivity index (χ1n) is 13.9. The molecule has 5 rings (SSSR count). The van der Waals surface area contributed by atoms with Gasteiger partial charge in [0.1, 0.15) is 29.6 Å². The molecule has 0 saturated carbocycles. The van der Waals surface area contributed by atoms with E-state index in [4.69, 9.17) is 14.2 Å². The number of aliphatic hydroxyl groups is 1. The molecule has 0 radical (unpaired) electrons. The molecule has 1 heterocycles. The Hall–Kier alpha value is -5.04. The van der Waals surface area contributed by atoms with Crippen molar-refractivity contribution in [1.82, 2.24) is 0 Å². The number of benzene rings is 4. The Morgan fingerprint density at radius 1 is 0.857 bits per heavy atom. The van der Waals surface area contributed by atoms with E-state index in [0.717, 1.165) is 17.5 Å². The van der Waals surface area contributed by atoms with Crippen molar-refractivity contribution in [3.8, 4) is 17.2 Å². The number of anilines is 1. The van der Waals surface area contributed by atoms with Crippen LogP contribution in [0.1, 0.15) is 41.6 Å². The summed E-state index contributed by atoms with van der Waals surface area (Å²) < 4.78 is 17.2. The zero-order valence-corrected chi connectivity index (χ0v) is 23.9. The molecule has 1 atom stereocenters. The average Bonchev–Trinajstić information content (AvgIpc) is 3.29. The molecule has 1 amide bonds. The molecule has 7 nitrogen and oxygen atoms in total. The van der Waals surface area contributed by atoms with Crippen LogP contribution in [0.2, 0.25) is 0 Å². The van der Waals surface area contributed by atoms with Gasteiger partial charge in [-0.25, -0.2) is 0 Å². The second-order valence-electron chi connectivity index (χ2n) is 10.0. The lowest BCUT2D eigenvalue weighted by atomic mass is 9.94. The van der Waals surface area contributed by atoms with Crippen LogP contribution in [0.5, 0.6) is 17.2 Å². The number of methoxy groups -OCH3 is 1. The highest BCUT2D eigenvalue weighted by Gasteiger charge is 2.47. The highest BCUT2D eigenvalue weighted by atomic mass is 16.5. The topological polar surface area (TPSA) is 85.3 Å². The average molecular weight is 564 g/mol. The number of amides is 1. The van der Waals surface area contributed by atoms with Crippen molar-refractivity contribution in [2.75, 3.05) is 18.6 Å². The molecule has 1 aliphatic rings. The molecule has 0 bridgehead atoms. The number of nitrogens with zero attached hydrogens (tertiary/aromatic N) is 1. The van der Waals surface area contributed by atoms with E-state index in [2.05, 4.69) is 0 Å². The van der Waals surface area contributed by atoms with Crippen LogP contribution in [-0.4, -0.2) is 30.5 Å². The van der Waals surface area contributed by atoms with E-state index in [1.807, 2.05) is 50.2 Å². The van der Waals surface area contributed by atoms with Gasteiger partial charge in [-0.2, -0.15) is 0 Å². The third-order valence-electron chi connectivity index (χ3n) is 7.11. The Labute approximate surface area is 245 Å². The van der Waals surface area contributed by atoms with Crippen molar-refractivity contribution >= 4 is 23.1 Å². The molecule has 1 N–H and O–H groups in total. The van der Waals surface area contributed by atoms with Gasteiger partial charge in [0.05, 0.1) is 25.3 Å². The number of aliphatic hydroxyl groups excluding tert-OH is 1. The number of Topliss-reactive ketones (excluding diaryl/α,β-unsaturated/α-hetero) is 1. The van der Waals surface area contributed by atoms with Crippen LogP contribution in [0, 0.1) is 6.92 Å². The zero-order chi connectivity index (χ0) is 29.6. The Morgan fingerprint density at radius 3 is 2.36 bits per heavy atom. The first-order valence-corrected chi connectivity index (χ1v) is 13.9.